The number of piperidine rings is 2. The molecule has 4 N–H and O–H groups in total. The Morgan fingerprint density at radius 1 is 0.545 bits per heavy atom. The minimum Gasteiger partial charge on any atom is -0.457 e. The van der Waals surface area contributed by atoms with E-state index in [-0.39, 0.29) is 23.7 Å². The molecule has 14 nitrogen and oxygen atoms in total. The lowest BCUT2D eigenvalue weighted by Gasteiger charge is -2.31. The first-order valence-corrected chi connectivity index (χ1v) is 22.0. The van der Waals surface area contributed by atoms with Crippen molar-refractivity contribution in [2.24, 2.45) is 0 Å². The highest BCUT2D eigenvalue weighted by atomic mass is 16.5. The van der Waals surface area contributed by atoms with E-state index in [2.05, 4.69) is 23.1 Å². The normalized spacial score (nSPS) is 16.0. The standard InChI is InChI=1S/2C26H25N5O2/c2*1-2-23(32)30-16-6-7-18(17-30)24-22-14-15-28-26(27)25(22)31(29-24)19-10-12-21(13-11-19)33-20-8-4-3-5-9-20/h2*2-5,8-15,18H,1,6-7,16-17H2,(H2,27,28)/t2*18-/m10/s1. The van der Waals surface area contributed by atoms with Crippen LogP contribution in [0.25, 0.3) is 33.2 Å². The predicted molar refractivity (Wildman–Crippen MR) is 257 cm³/mol. The van der Waals surface area contributed by atoms with Crippen LogP contribution < -0.4 is 20.9 Å². The average molecular weight is 879 g/mol. The van der Waals surface area contributed by atoms with Gasteiger partial charge in [-0.2, -0.15) is 10.2 Å². The van der Waals surface area contributed by atoms with Crippen molar-refractivity contribution in [2.75, 3.05) is 37.6 Å². The summed E-state index contributed by atoms with van der Waals surface area (Å²) < 4.78 is 15.5. The molecule has 2 fully saturated rings. The van der Waals surface area contributed by atoms with Crippen molar-refractivity contribution in [3.63, 3.8) is 0 Å². The number of carbonyl (C=O) groups excluding carboxylic acids is 2. The van der Waals surface area contributed by atoms with Gasteiger partial charge in [0.25, 0.3) is 0 Å². The largest absolute Gasteiger partial charge is 0.457 e. The summed E-state index contributed by atoms with van der Waals surface area (Å²) in [7, 11) is 0. The molecule has 0 unspecified atom stereocenters. The van der Waals surface area contributed by atoms with E-state index in [0.29, 0.717) is 24.7 Å². The van der Waals surface area contributed by atoms with Gasteiger partial charge in [0.05, 0.1) is 22.8 Å². The number of rotatable bonds is 10. The highest BCUT2D eigenvalue weighted by Crippen LogP contribution is 2.37. The highest BCUT2D eigenvalue weighted by Gasteiger charge is 2.30. The van der Waals surface area contributed by atoms with Gasteiger partial charge < -0.3 is 30.7 Å². The molecular formula is C52H50N10O4. The fourth-order valence-electron chi connectivity index (χ4n) is 8.82. The Labute approximate surface area is 382 Å². The number of amides is 2. The second kappa shape index (κ2) is 19.2. The van der Waals surface area contributed by atoms with Gasteiger partial charge in [-0.1, -0.05) is 49.6 Å². The number of pyridine rings is 2. The fraction of sp³-hybridized carbons (Fsp3) is 0.192. The zero-order valence-electron chi connectivity index (χ0n) is 36.4. The van der Waals surface area contributed by atoms with Crippen LogP contribution in [-0.2, 0) is 9.59 Å². The number of ether oxygens (including phenoxy) is 2. The van der Waals surface area contributed by atoms with Gasteiger partial charge in [0.1, 0.15) is 45.7 Å². The van der Waals surface area contributed by atoms with Crippen LogP contribution in [0.15, 0.2) is 159 Å². The molecule has 2 amide bonds. The summed E-state index contributed by atoms with van der Waals surface area (Å²) in [5, 5.41) is 11.9. The summed E-state index contributed by atoms with van der Waals surface area (Å²) in [5.41, 5.74) is 17.7. The molecule has 2 aliphatic heterocycles. The van der Waals surface area contributed by atoms with Crippen molar-refractivity contribution in [2.45, 2.75) is 37.5 Å². The quantitative estimate of drug-likeness (QED) is 0.126. The number of nitrogen functional groups attached to an aromatic ring is 2. The number of hydrogen-bond donors (Lipinski definition) is 2. The van der Waals surface area contributed by atoms with Gasteiger partial charge in [0, 0.05) is 61.2 Å². The van der Waals surface area contributed by atoms with Crippen molar-refractivity contribution < 1.29 is 19.1 Å². The third-order valence-corrected chi connectivity index (χ3v) is 12.0. The molecule has 66 heavy (non-hydrogen) atoms. The average Bonchev–Trinajstić information content (AvgIpc) is 3.96. The number of likely N-dealkylation sites (tertiary alicyclic amines) is 2. The van der Waals surface area contributed by atoms with Crippen molar-refractivity contribution in [1.82, 2.24) is 39.3 Å². The molecule has 4 aromatic heterocycles. The van der Waals surface area contributed by atoms with E-state index in [4.69, 9.17) is 31.1 Å². The first kappa shape index (κ1) is 43.0. The summed E-state index contributed by atoms with van der Waals surface area (Å²) in [6.45, 7) is 9.97. The smallest absolute Gasteiger partial charge is 0.245 e. The summed E-state index contributed by atoms with van der Waals surface area (Å²) in [6.07, 6.45) is 9.92. The number of anilines is 2. The number of nitrogens with zero attached hydrogens (tertiary/aromatic N) is 8. The number of aromatic nitrogens is 6. The number of nitrogens with two attached hydrogens (primary N) is 2. The van der Waals surface area contributed by atoms with Gasteiger partial charge in [-0.15, -0.1) is 0 Å². The Morgan fingerprint density at radius 3 is 1.30 bits per heavy atom. The zero-order valence-corrected chi connectivity index (χ0v) is 36.4. The molecule has 2 atom stereocenters. The number of carbonyl (C=O) groups is 2. The van der Waals surface area contributed by atoms with Crippen LogP contribution in [0, 0.1) is 0 Å². The molecule has 2 saturated heterocycles. The third kappa shape index (κ3) is 9.06. The van der Waals surface area contributed by atoms with Gasteiger partial charge in [0.15, 0.2) is 0 Å². The molecule has 14 heteroatoms. The molecule has 4 aromatic carbocycles. The van der Waals surface area contributed by atoms with Crippen LogP contribution in [0.5, 0.6) is 23.0 Å². The van der Waals surface area contributed by atoms with Gasteiger partial charge in [-0.3, -0.25) is 9.59 Å². The zero-order chi connectivity index (χ0) is 45.6. The Bertz CT molecular complexity index is 2800. The van der Waals surface area contributed by atoms with Crippen LogP contribution >= 0.6 is 0 Å². The third-order valence-electron chi connectivity index (χ3n) is 12.0. The fourth-order valence-corrected chi connectivity index (χ4v) is 8.82. The maximum atomic E-state index is 12.2. The molecule has 332 valence electrons. The summed E-state index contributed by atoms with van der Waals surface area (Å²) >= 11 is 0. The van der Waals surface area contributed by atoms with Crippen LogP contribution in [0.1, 0.15) is 48.9 Å². The van der Waals surface area contributed by atoms with Gasteiger partial charge in [0.2, 0.25) is 11.8 Å². The van der Waals surface area contributed by atoms with Crippen LogP contribution in [0.2, 0.25) is 0 Å². The number of hydrogen-bond acceptors (Lipinski definition) is 10. The molecule has 8 aromatic rings. The SMILES string of the molecule is C=CC(=O)N1CCC[C@@H](c2nn(-c3ccc(Oc4ccccc4)cc3)c3c(N)nccc23)C1.C=CC(=O)N1CCC[C@H](c2nn(-c3ccc(Oc4ccccc4)cc3)c3c(N)nccc23)C1. The lowest BCUT2D eigenvalue weighted by Crippen LogP contribution is -2.38. The van der Waals surface area contributed by atoms with Crippen molar-refractivity contribution in [3.05, 3.63) is 170 Å². The minimum absolute atomic E-state index is 0.0429. The Kier molecular flexibility index (Phi) is 12.5. The van der Waals surface area contributed by atoms with E-state index in [1.54, 1.807) is 12.4 Å². The van der Waals surface area contributed by atoms with E-state index in [9.17, 15) is 9.59 Å². The van der Waals surface area contributed by atoms with Crippen molar-refractivity contribution in [1.29, 1.82) is 0 Å². The van der Waals surface area contributed by atoms with Gasteiger partial charge >= 0.3 is 0 Å². The van der Waals surface area contributed by atoms with E-state index in [1.165, 1.54) is 12.2 Å². The molecule has 10 rings (SSSR count). The summed E-state index contributed by atoms with van der Waals surface area (Å²) in [5.74, 6) is 4.02. The topological polar surface area (TPSA) is 173 Å². The minimum atomic E-state index is -0.0429. The molecule has 2 aliphatic rings. The van der Waals surface area contributed by atoms with E-state index >= 15 is 0 Å². The molecule has 0 saturated carbocycles. The molecule has 0 radical (unpaired) electrons. The summed E-state index contributed by atoms with van der Waals surface area (Å²) in [4.78, 5) is 36.7. The van der Waals surface area contributed by atoms with Crippen molar-refractivity contribution in [3.8, 4) is 34.4 Å². The van der Waals surface area contributed by atoms with Gasteiger partial charge in [-0.05, 0) is 123 Å². The lowest BCUT2D eigenvalue weighted by atomic mass is 9.93. The Hall–Kier alpha value is -8.26. The van der Waals surface area contributed by atoms with E-state index in [0.717, 1.165) is 106 Å². The number of fused-ring (bicyclic) bond motifs is 2. The van der Waals surface area contributed by atoms with Gasteiger partial charge in [-0.25, -0.2) is 19.3 Å². The van der Waals surface area contributed by atoms with Crippen molar-refractivity contribution >= 4 is 45.3 Å². The summed E-state index contributed by atoms with van der Waals surface area (Å²) in [6, 6.07) is 38.7. The molecular weight excluding hydrogens is 829 g/mol. The monoisotopic (exact) mass is 878 g/mol. The van der Waals surface area contributed by atoms with E-state index in [1.807, 2.05) is 140 Å². The molecule has 0 bridgehead atoms. The predicted octanol–water partition coefficient (Wildman–Crippen LogP) is 9.37. The Balaban J connectivity index is 0.000000166. The molecule has 0 spiro atoms. The van der Waals surface area contributed by atoms with Crippen LogP contribution in [0.4, 0.5) is 11.6 Å². The second-order valence-electron chi connectivity index (χ2n) is 16.3. The number of para-hydroxylation sites is 2. The first-order chi connectivity index (χ1) is 32.3. The molecule has 0 aliphatic carbocycles. The number of benzene rings is 4. The van der Waals surface area contributed by atoms with Crippen LogP contribution in [-0.4, -0.2) is 77.3 Å². The first-order valence-electron chi connectivity index (χ1n) is 22.0. The van der Waals surface area contributed by atoms with Crippen LogP contribution in [0.3, 0.4) is 0 Å². The second-order valence-corrected chi connectivity index (χ2v) is 16.3. The maximum absolute atomic E-state index is 12.2. The molecule has 6 heterocycles. The van der Waals surface area contributed by atoms with E-state index < -0.39 is 0 Å². The maximum Gasteiger partial charge on any atom is 0.245 e. The Morgan fingerprint density at radius 2 is 0.924 bits per heavy atom. The lowest BCUT2D eigenvalue weighted by molar-refractivity contribution is -0.127. The highest BCUT2D eigenvalue weighted by molar-refractivity contribution is 5.93.